The second-order valence-corrected chi connectivity index (χ2v) is 8.62. The van der Waals surface area contributed by atoms with E-state index in [0.717, 1.165) is 15.6 Å². The normalized spacial score (nSPS) is 16.5. The van der Waals surface area contributed by atoms with Crippen molar-refractivity contribution >= 4 is 39.0 Å². The third kappa shape index (κ3) is 3.91. The van der Waals surface area contributed by atoms with Crippen molar-refractivity contribution in [2.45, 2.75) is 12.5 Å². The topological polar surface area (TPSA) is 57.6 Å². The van der Waals surface area contributed by atoms with Gasteiger partial charge in [0.1, 0.15) is 0 Å². The second-order valence-electron chi connectivity index (χ2n) is 6.76. The number of amides is 1. The Labute approximate surface area is 181 Å². The van der Waals surface area contributed by atoms with Crippen LogP contribution in [0.5, 0.6) is 0 Å². The molecule has 0 spiro atoms. The van der Waals surface area contributed by atoms with E-state index in [1.807, 2.05) is 60.0 Å². The SMILES string of the molecule is O=C(C1=C(O)C(=O)N(CCc2ccccc2)[C@H]1c1ccc(Br)cc1)c1cccs1. The molecule has 0 saturated heterocycles. The predicted octanol–water partition coefficient (Wildman–Crippen LogP) is 5.33. The van der Waals surface area contributed by atoms with E-state index in [1.54, 1.807) is 17.0 Å². The number of hydrogen-bond acceptors (Lipinski definition) is 4. The molecule has 3 aromatic rings. The lowest BCUT2D eigenvalue weighted by Gasteiger charge is -2.27. The molecule has 146 valence electrons. The lowest BCUT2D eigenvalue weighted by atomic mass is 9.95. The van der Waals surface area contributed by atoms with Crippen molar-refractivity contribution in [3.8, 4) is 0 Å². The molecule has 6 heteroatoms. The number of Topliss-reactive ketones (excluding diaryl/α,β-unsaturated/α-hetero) is 1. The van der Waals surface area contributed by atoms with Gasteiger partial charge >= 0.3 is 0 Å². The molecule has 4 rings (SSSR count). The van der Waals surface area contributed by atoms with Crippen molar-refractivity contribution in [3.05, 3.63) is 104 Å². The Balaban J connectivity index is 1.71. The van der Waals surface area contributed by atoms with Crippen LogP contribution in [-0.4, -0.2) is 28.2 Å². The number of aliphatic hydroxyl groups is 1. The Morgan fingerprint density at radius 3 is 2.41 bits per heavy atom. The van der Waals surface area contributed by atoms with Gasteiger partial charge in [-0.15, -0.1) is 11.3 Å². The van der Waals surface area contributed by atoms with Crippen LogP contribution in [0.3, 0.4) is 0 Å². The zero-order chi connectivity index (χ0) is 20.4. The summed E-state index contributed by atoms with van der Waals surface area (Å²) in [5, 5.41) is 12.5. The smallest absolute Gasteiger partial charge is 0.290 e. The first-order valence-electron chi connectivity index (χ1n) is 9.18. The van der Waals surface area contributed by atoms with E-state index in [0.29, 0.717) is 17.8 Å². The van der Waals surface area contributed by atoms with E-state index in [2.05, 4.69) is 15.9 Å². The average Bonchev–Trinajstić information content (AvgIpc) is 3.36. The van der Waals surface area contributed by atoms with Crippen molar-refractivity contribution in [3.63, 3.8) is 0 Å². The molecular weight excluding hydrogens is 450 g/mol. The highest BCUT2D eigenvalue weighted by molar-refractivity contribution is 9.10. The van der Waals surface area contributed by atoms with Crippen molar-refractivity contribution in [2.75, 3.05) is 6.54 Å². The van der Waals surface area contributed by atoms with Gasteiger partial charge in [-0.25, -0.2) is 0 Å². The molecule has 1 aliphatic rings. The Hall–Kier alpha value is -2.70. The molecule has 2 heterocycles. The van der Waals surface area contributed by atoms with Gasteiger partial charge in [-0.1, -0.05) is 64.5 Å². The van der Waals surface area contributed by atoms with Gasteiger partial charge in [0.25, 0.3) is 5.91 Å². The molecule has 1 aliphatic heterocycles. The monoisotopic (exact) mass is 467 g/mol. The van der Waals surface area contributed by atoms with Gasteiger partial charge < -0.3 is 10.0 Å². The number of hydrogen-bond donors (Lipinski definition) is 1. The van der Waals surface area contributed by atoms with Crippen LogP contribution >= 0.6 is 27.3 Å². The fraction of sp³-hybridized carbons (Fsp3) is 0.130. The number of carbonyl (C=O) groups excluding carboxylic acids is 2. The van der Waals surface area contributed by atoms with Crippen LogP contribution in [0.1, 0.15) is 26.8 Å². The third-order valence-electron chi connectivity index (χ3n) is 4.96. The molecule has 4 nitrogen and oxygen atoms in total. The van der Waals surface area contributed by atoms with Crippen LogP contribution in [0, 0.1) is 0 Å². The van der Waals surface area contributed by atoms with Gasteiger partial charge in [0.15, 0.2) is 5.76 Å². The third-order valence-corrected chi connectivity index (χ3v) is 6.36. The second kappa shape index (κ2) is 8.35. The van der Waals surface area contributed by atoms with E-state index < -0.39 is 17.7 Å². The number of ketones is 1. The maximum atomic E-state index is 13.1. The van der Waals surface area contributed by atoms with Crippen LogP contribution in [0.4, 0.5) is 0 Å². The van der Waals surface area contributed by atoms with Crippen LogP contribution < -0.4 is 0 Å². The van der Waals surface area contributed by atoms with Crippen molar-refractivity contribution in [1.29, 1.82) is 0 Å². The molecule has 0 saturated carbocycles. The molecule has 29 heavy (non-hydrogen) atoms. The van der Waals surface area contributed by atoms with Crippen molar-refractivity contribution in [2.24, 2.45) is 0 Å². The van der Waals surface area contributed by atoms with Gasteiger partial charge in [0.05, 0.1) is 16.5 Å². The van der Waals surface area contributed by atoms with Crippen LogP contribution in [0.2, 0.25) is 0 Å². The predicted molar refractivity (Wildman–Crippen MR) is 117 cm³/mol. The molecule has 0 radical (unpaired) electrons. The molecule has 0 fully saturated rings. The summed E-state index contributed by atoms with van der Waals surface area (Å²) in [6.07, 6.45) is 0.632. The van der Waals surface area contributed by atoms with Gasteiger partial charge in [-0.05, 0) is 41.1 Å². The zero-order valence-electron chi connectivity index (χ0n) is 15.4. The summed E-state index contributed by atoms with van der Waals surface area (Å²) < 4.78 is 0.903. The first-order valence-corrected chi connectivity index (χ1v) is 10.8. The molecule has 0 aliphatic carbocycles. The molecule has 0 unspecified atom stereocenters. The molecule has 1 atom stereocenters. The molecule has 1 aromatic heterocycles. The van der Waals surface area contributed by atoms with Crippen LogP contribution in [0.15, 0.2) is 87.9 Å². The molecule has 1 N–H and O–H groups in total. The highest BCUT2D eigenvalue weighted by Crippen LogP contribution is 2.39. The van der Waals surface area contributed by atoms with Gasteiger partial charge in [0.2, 0.25) is 5.78 Å². The van der Waals surface area contributed by atoms with E-state index >= 15 is 0 Å². The largest absolute Gasteiger partial charge is 0.503 e. The fourth-order valence-corrected chi connectivity index (χ4v) is 4.48. The number of thiophene rings is 1. The number of carbonyl (C=O) groups is 2. The lowest BCUT2D eigenvalue weighted by Crippen LogP contribution is -2.33. The summed E-state index contributed by atoms with van der Waals surface area (Å²) in [4.78, 5) is 28.2. The summed E-state index contributed by atoms with van der Waals surface area (Å²) >= 11 is 4.72. The molecule has 1 amide bonds. The van der Waals surface area contributed by atoms with Crippen molar-refractivity contribution < 1.29 is 14.7 Å². The summed E-state index contributed by atoms with van der Waals surface area (Å²) in [6, 6.07) is 20.2. The van der Waals surface area contributed by atoms with Gasteiger partial charge in [-0.3, -0.25) is 9.59 Å². The maximum absolute atomic E-state index is 13.1. The van der Waals surface area contributed by atoms with E-state index in [9.17, 15) is 14.7 Å². The summed E-state index contributed by atoms with van der Waals surface area (Å²) in [5.74, 6) is -1.26. The van der Waals surface area contributed by atoms with Gasteiger partial charge in [0, 0.05) is 11.0 Å². The Morgan fingerprint density at radius 2 is 1.76 bits per heavy atom. The zero-order valence-corrected chi connectivity index (χ0v) is 17.8. The number of benzene rings is 2. The minimum Gasteiger partial charge on any atom is -0.503 e. The van der Waals surface area contributed by atoms with E-state index in [1.165, 1.54) is 11.3 Å². The van der Waals surface area contributed by atoms with Crippen molar-refractivity contribution in [1.82, 2.24) is 4.90 Å². The first-order chi connectivity index (χ1) is 14.1. The molecular formula is C23H18BrNO3S. The Kier molecular flexibility index (Phi) is 5.65. The Bertz CT molecular complexity index is 1060. The number of aliphatic hydroxyl groups excluding tert-OH is 1. The average molecular weight is 468 g/mol. The number of rotatable bonds is 6. The quantitative estimate of drug-likeness (QED) is 0.498. The minimum atomic E-state index is -0.617. The molecule has 0 bridgehead atoms. The highest BCUT2D eigenvalue weighted by Gasteiger charge is 2.43. The first kappa shape index (κ1) is 19.6. The summed E-state index contributed by atoms with van der Waals surface area (Å²) in [7, 11) is 0. The van der Waals surface area contributed by atoms with Gasteiger partial charge in [-0.2, -0.15) is 0 Å². The van der Waals surface area contributed by atoms with Crippen LogP contribution in [-0.2, 0) is 11.2 Å². The highest BCUT2D eigenvalue weighted by atomic mass is 79.9. The molecule has 2 aromatic carbocycles. The lowest BCUT2D eigenvalue weighted by molar-refractivity contribution is -0.129. The van der Waals surface area contributed by atoms with E-state index in [-0.39, 0.29) is 11.4 Å². The number of nitrogens with zero attached hydrogens (tertiary/aromatic N) is 1. The standard InChI is InChI=1S/C23H18BrNO3S/c24-17-10-8-16(9-11-17)20-19(21(26)18-7-4-14-29-18)22(27)23(28)25(20)13-12-15-5-2-1-3-6-15/h1-11,14,20,27H,12-13H2/t20-/m0/s1. The minimum absolute atomic E-state index is 0.146. The van der Waals surface area contributed by atoms with E-state index in [4.69, 9.17) is 0 Å². The summed E-state index contributed by atoms with van der Waals surface area (Å²) in [5.41, 5.74) is 2.03. The van der Waals surface area contributed by atoms with Crippen LogP contribution in [0.25, 0.3) is 0 Å². The number of halogens is 1. The Morgan fingerprint density at radius 1 is 1.03 bits per heavy atom. The summed E-state index contributed by atoms with van der Waals surface area (Å²) in [6.45, 7) is 0.398. The fourth-order valence-electron chi connectivity index (χ4n) is 3.54. The maximum Gasteiger partial charge on any atom is 0.290 e.